The molecule has 0 unspecified atom stereocenters. The summed E-state index contributed by atoms with van der Waals surface area (Å²) in [6, 6.07) is 6.74. The van der Waals surface area contributed by atoms with Crippen LogP contribution >= 0.6 is 0 Å². The molecule has 1 saturated carbocycles. The molecule has 2 aromatic rings. The molecule has 0 radical (unpaired) electrons. The van der Waals surface area contributed by atoms with Crippen LogP contribution in [-0.2, 0) is 11.2 Å². The number of ether oxygens (including phenoxy) is 1. The van der Waals surface area contributed by atoms with E-state index >= 15 is 0 Å². The van der Waals surface area contributed by atoms with E-state index in [0.717, 1.165) is 41.8 Å². The van der Waals surface area contributed by atoms with Crippen molar-refractivity contribution in [2.75, 3.05) is 7.11 Å². The third-order valence-corrected chi connectivity index (χ3v) is 5.23. The van der Waals surface area contributed by atoms with Crippen LogP contribution in [0.25, 0.3) is 10.9 Å². The first kappa shape index (κ1) is 17.0. The molecule has 4 nitrogen and oxygen atoms in total. The van der Waals surface area contributed by atoms with Crippen LogP contribution in [0.3, 0.4) is 0 Å². The van der Waals surface area contributed by atoms with Crippen LogP contribution in [0.15, 0.2) is 24.3 Å². The Morgan fingerprint density at radius 3 is 2.83 bits per heavy atom. The minimum absolute atomic E-state index is 0.192. The van der Waals surface area contributed by atoms with Gasteiger partial charge in [0.25, 0.3) is 0 Å². The Balaban J connectivity index is 1.49. The van der Waals surface area contributed by atoms with E-state index in [1.165, 1.54) is 32.1 Å². The summed E-state index contributed by atoms with van der Waals surface area (Å²) in [6.07, 6.45) is 9.73. The van der Waals surface area contributed by atoms with Gasteiger partial charge < -0.3 is 14.9 Å². The Labute approximate surface area is 143 Å². The molecule has 2 atom stereocenters. The van der Waals surface area contributed by atoms with Crippen molar-refractivity contribution in [1.29, 1.82) is 0 Å². The smallest absolute Gasteiger partial charge is 0.137 e. The number of phenols is 1. The number of aromatic hydroxyl groups is 2. The fraction of sp³-hybridized carbons (Fsp3) is 0.550. The molecule has 0 amide bonds. The number of pyridine rings is 1. The number of rotatable bonds is 7. The maximum Gasteiger partial charge on any atom is 0.137 e. The molecular formula is C20H27NO3. The van der Waals surface area contributed by atoms with Gasteiger partial charge in [-0.1, -0.05) is 19.3 Å². The second kappa shape index (κ2) is 7.84. The molecule has 24 heavy (non-hydrogen) atoms. The Morgan fingerprint density at radius 1 is 1.12 bits per heavy atom. The van der Waals surface area contributed by atoms with E-state index in [4.69, 9.17) is 4.74 Å². The predicted octanol–water partition coefficient (Wildman–Crippen LogP) is 4.56. The molecule has 1 heterocycles. The molecule has 0 saturated heterocycles. The molecule has 2 N–H and O–H groups in total. The minimum atomic E-state index is 0.192. The van der Waals surface area contributed by atoms with Crippen LogP contribution in [-0.4, -0.2) is 28.4 Å². The van der Waals surface area contributed by atoms with Crippen LogP contribution in [0.4, 0.5) is 0 Å². The summed E-state index contributed by atoms with van der Waals surface area (Å²) in [5.41, 5.74) is 1.57. The normalized spacial score (nSPS) is 20.7. The van der Waals surface area contributed by atoms with Crippen molar-refractivity contribution in [3.8, 4) is 11.5 Å². The Morgan fingerprint density at radius 2 is 2.00 bits per heavy atom. The van der Waals surface area contributed by atoms with Crippen molar-refractivity contribution in [2.24, 2.45) is 5.92 Å². The van der Waals surface area contributed by atoms with E-state index in [1.54, 1.807) is 24.3 Å². The van der Waals surface area contributed by atoms with Gasteiger partial charge >= 0.3 is 0 Å². The maximum atomic E-state index is 10.1. The number of nitrogens with zero attached hydrogens (tertiary/aromatic N) is 1. The van der Waals surface area contributed by atoms with Crippen molar-refractivity contribution in [3.05, 3.63) is 30.0 Å². The Kier molecular flexibility index (Phi) is 5.56. The molecule has 1 fully saturated rings. The fourth-order valence-corrected chi connectivity index (χ4v) is 3.90. The largest absolute Gasteiger partial charge is 0.508 e. The number of methoxy groups -OCH3 is 1. The summed E-state index contributed by atoms with van der Waals surface area (Å²) in [4.78, 5) is 4.54. The summed E-state index contributed by atoms with van der Waals surface area (Å²) in [7, 11) is 1.83. The number of benzene rings is 1. The van der Waals surface area contributed by atoms with Gasteiger partial charge in [-0.2, -0.15) is 0 Å². The zero-order valence-corrected chi connectivity index (χ0v) is 14.4. The number of aromatic nitrogens is 1. The number of hydrogen-bond acceptors (Lipinski definition) is 4. The van der Waals surface area contributed by atoms with Gasteiger partial charge in [0.15, 0.2) is 0 Å². The zero-order chi connectivity index (χ0) is 16.9. The van der Waals surface area contributed by atoms with Crippen molar-refractivity contribution >= 4 is 10.9 Å². The third-order valence-electron chi connectivity index (χ3n) is 5.23. The molecule has 1 aromatic carbocycles. The molecule has 3 rings (SSSR count). The molecule has 0 spiro atoms. The van der Waals surface area contributed by atoms with E-state index < -0.39 is 0 Å². The van der Waals surface area contributed by atoms with E-state index in [9.17, 15) is 10.2 Å². The van der Waals surface area contributed by atoms with Gasteiger partial charge in [0.2, 0.25) is 0 Å². The van der Waals surface area contributed by atoms with Gasteiger partial charge in [0, 0.05) is 12.5 Å². The van der Waals surface area contributed by atoms with Crippen LogP contribution < -0.4 is 0 Å². The first-order chi connectivity index (χ1) is 11.7. The standard InChI is InChI=1S/C20H27NO3/c1-24-20-9-5-7-14(20)6-3-2-4-8-18-19(23)13-15-12-16(22)10-11-17(15)21-18/h10-14,20,22-23H,2-9H2,1H3/t14-,20-/m1/s1. The van der Waals surface area contributed by atoms with Gasteiger partial charge in [0.1, 0.15) is 11.5 Å². The third kappa shape index (κ3) is 3.99. The quantitative estimate of drug-likeness (QED) is 0.731. The van der Waals surface area contributed by atoms with E-state index in [2.05, 4.69) is 4.98 Å². The second-order valence-electron chi connectivity index (χ2n) is 6.90. The lowest BCUT2D eigenvalue weighted by molar-refractivity contribution is 0.0671. The average molecular weight is 329 g/mol. The van der Waals surface area contributed by atoms with E-state index in [1.807, 2.05) is 7.11 Å². The van der Waals surface area contributed by atoms with Crippen molar-refractivity contribution in [3.63, 3.8) is 0 Å². The highest BCUT2D eigenvalue weighted by molar-refractivity contribution is 5.81. The van der Waals surface area contributed by atoms with Gasteiger partial charge in [-0.15, -0.1) is 0 Å². The Bertz CT molecular complexity index is 686. The predicted molar refractivity (Wildman–Crippen MR) is 95.4 cm³/mol. The number of unbranched alkanes of at least 4 members (excludes halogenated alkanes) is 2. The Hall–Kier alpha value is -1.81. The van der Waals surface area contributed by atoms with Crippen LogP contribution in [0, 0.1) is 5.92 Å². The van der Waals surface area contributed by atoms with Gasteiger partial charge in [-0.05, 0) is 62.3 Å². The van der Waals surface area contributed by atoms with E-state index in [0.29, 0.717) is 6.10 Å². The molecule has 1 aliphatic rings. The first-order valence-corrected chi connectivity index (χ1v) is 9.02. The highest BCUT2D eigenvalue weighted by Crippen LogP contribution is 2.32. The zero-order valence-electron chi connectivity index (χ0n) is 14.4. The number of phenolic OH excluding ortho intramolecular Hbond substituents is 1. The van der Waals surface area contributed by atoms with Crippen LogP contribution in [0.1, 0.15) is 50.6 Å². The molecule has 130 valence electrons. The molecule has 4 heteroatoms. The topological polar surface area (TPSA) is 62.6 Å². The summed E-state index contributed by atoms with van der Waals surface area (Å²) in [6.45, 7) is 0. The lowest BCUT2D eigenvalue weighted by atomic mass is 9.97. The fourth-order valence-electron chi connectivity index (χ4n) is 3.90. The second-order valence-corrected chi connectivity index (χ2v) is 6.90. The summed E-state index contributed by atoms with van der Waals surface area (Å²) in [5.74, 6) is 1.15. The molecule has 1 aliphatic carbocycles. The molecule has 1 aromatic heterocycles. The van der Waals surface area contributed by atoms with Gasteiger partial charge in [-0.3, -0.25) is 0 Å². The highest BCUT2D eigenvalue weighted by atomic mass is 16.5. The number of aryl methyl sites for hydroxylation is 1. The van der Waals surface area contributed by atoms with Gasteiger partial charge in [-0.25, -0.2) is 4.98 Å². The number of fused-ring (bicyclic) bond motifs is 1. The highest BCUT2D eigenvalue weighted by Gasteiger charge is 2.26. The van der Waals surface area contributed by atoms with Crippen LogP contribution in [0.2, 0.25) is 0 Å². The number of hydrogen-bond donors (Lipinski definition) is 2. The summed E-state index contributed by atoms with van der Waals surface area (Å²) >= 11 is 0. The molecule has 0 aliphatic heterocycles. The first-order valence-electron chi connectivity index (χ1n) is 9.02. The van der Waals surface area contributed by atoms with Gasteiger partial charge in [0.05, 0.1) is 17.3 Å². The van der Waals surface area contributed by atoms with Crippen molar-refractivity contribution in [1.82, 2.24) is 4.98 Å². The summed E-state index contributed by atoms with van der Waals surface area (Å²) in [5, 5.41) is 20.4. The van der Waals surface area contributed by atoms with Crippen molar-refractivity contribution in [2.45, 2.75) is 57.5 Å². The maximum absolute atomic E-state index is 10.1. The monoisotopic (exact) mass is 329 g/mol. The lowest BCUT2D eigenvalue weighted by Gasteiger charge is -2.17. The van der Waals surface area contributed by atoms with E-state index in [-0.39, 0.29) is 11.5 Å². The minimum Gasteiger partial charge on any atom is -0.508 e. The average Bonchev–Trinajstić information content (AvgIpc) is 3.02. The van der Waals surface area contributed by atoms with Crippen molar-refractivity contribution < 1.29 is 14.9 Å². The SMILES string of the molecule is CO[C@@H]1CCC[C@H]1CCCCCc1nc2ccc(O)cc2cc1O. The molecule has 0 bridgehead atoms. The lowest BCUT2D eigenvalue weighted by Crippen LogP contribution is -2.15. The molecular weight excluding hydrogens is 302 g/mol. The summed E-state index contributed by atoms with van der Waals surface area (Å²) < 4.78 is 5.55. The van der Waals surface area contributed by atoms with Crippen LogP contribution in [0.5, 0.6) is 11.5 Å².